The van der Waals surface area contributed by atoms with Crippen LogP contribution in [0, 0.1) is 0 Å². The highest BCUT2D eigenvalue weighted by Gasteiger charge is 2.03. The van der Waals surface area contributed by atoms with Gasteiger partial charge in [0.25, 0.3) is 0 Å². The van der Waals surface area contributed by atoms with Crippen LogP contribution >= 0.6 is 12.4 Å². The van der Waals surface area contributed by atoms with E-state index in [1.807, 2.05) is 6.92 Å². The Balaban J connectivity index is 0. The van der Waals surface area contributed by atoms with E-state index in [0.717, 1.165) is 0 Å². The van der Waals surface area contributed by atoms with Crippen LogP contribution in [0.2, 0.25) is 0 Å². The SMILES string of the molecule is CCCS(=O)(=O)NCC.Cl. The highest BCUT2D eigenvalue weighted by atomic mass is 35.5. The average molecular weight is 188 g/mol. The number of halogens is 1. The summed E-state index contributed by atoms with van der Waals surface area (Å²) >= 11 is 0. The van der Waals surface area contributed by atoms with Gasteiger partial charge in [-0.3, -0.25) is 0 Å². The Morgan fingerprint density at radius 1 is 1.30 bits per heavy atom. The molecule has 0 amide bonds. The number of rotatable bonds is 4. The first kappa shape index (κ1) is 12.8. The van der Waals surface area contributed by atoms with Crippen LogP contribution in [-0.2, 0) is 10.0 Å². The summed E-state index contributed by atoms with van der Waals surface area (Å²) in [4.78, 5) is 0. The normalized spacial score (nSPS) is 10.6. The molecule has 0 radical (unpaired) electrons. The van der Waals surface area contributed by atoms with Gasteiger partial charge in [-0.25, -0.2) is 13.1 Å². The lowest BCUT2D eigenvalue weighted by atomic mass is 10.6. The molecule has 0 aromatic rings. The Morgan fingerprint density at radius 2 is 1.80 bits per heavy atom. The Bertz CT molecular complexity index is 143. The van der Waals surface area contributed by atoms with Crippen molar-refractivity contribution in [2.45, 2.75) is 20.3 Å². The number of nitrogens with one attached hydrogen (secondary N) is 1. The van der Waals surface area contributed by atoms with Gasteiger partial charge in [-0.1, -0.05) is 13.8 Å². The first-order valence-electron chi connectivity index (χ1n) is 3.09. The molecule has 0 spiro atoms. The topological polar surface area (TPSA) is 46.2 Å². The van der Waals surface area contributed by atoms with E-state index >= 15 is 0 Å². The molecule has 0 aliphatic carbocycles. The molecule has 0 rings (SSSR count). The number of sulfonamides is 1. The second-order valence-electron chi connectivity index (χ2n) is 1.82. The van der Waals surface area contributed by atoms with E-state index in [9.17, 15) is 8.42 Å². The van der Waals surface area contributed by atoms with Crippen LogP contribution in [-0.4, -0.2) is 20.7 Å². The van der Waals surface area contributed by atoms with Crippen molar-refractivity contribution in [3.05, 3.63) is 0 Å². The van der Waals surface area contributed by atoms with E-state index in [1.165, 1.54) is 0 Å². The number of hydrogen-bond acceptors (Lipinski definition) is 2. The summed E-state index contributed by atoms with van der Waals surface area (Å²) in [7, 11) is -2.93. The third kappa shape index (κ3) is 6.32. The van der Waals surface area contributed by atoms with Crippen molar-refractivity contribution in [2.75, 3.05) is 12.3 Å². The largest absolute Gasteiger partial charge is 0.216 e. The fourth-order valence-corrected chi connectivity index (χ4v) is 1.68. The van der Waals surface area contributed by atoms with Gasteiger partial charge in [0, 0.05) is 6.54 Å². The van der Waals surface area contributed by atoms with Crippen molar-refractivity contribution in [1.29, 1.82) is 0 Å². The van der Waals surface area contributed by atoms with Crippen LogP contribution in [0.5, 0.6) is 0 Å². The molecule has 0 saturated heterocycles. The molecular formula is C5H14ClNO2S. The smallest absolute Gasteiger partial charge is 0.211 e. The quantitative estimate of drug-likeness (QED) is 0.707. The molecule has 3 nitrogen and oxygen atoms in total. The lowest BCUT2D eigenvalue weighted by Gasteiger charge is -1.99. The first-order chi connectivity index (χ1) is 4.12. The van der Waals surface area contributed by atoms with Gasteiger partial charge in [0.2, 0.25) is 10.0 Å². The zero-order valence-electron chi connectivity index (χ0n) is 6.25. The fourth-order valence-electron chi connectivity index (χ4n) is 0.561. The van der Waals surface area contributed by atoms with Crippen molar-refractivity contribution in [1.82, 2.24) is 4.72 Å². The molecule has 0 unspecified atom stereocenters. The molecule has 0 bridgehead atoms. The van der Waals surface area contributed by atoms with Crippen molar-refractivity contribution >= 4 is 22.4 Å². The minimum atomic E-state index is -2.93. The summed E-state index contributed by atoms with van der Waals surface area (Å²) in [6.45, 7) is 4.10. The Kier molecular flexibility index (Phi) is 7.63. The van der Waals surface area contributed by atoms with E-state index in [4.69, 9.17) is 0 Å². The molecule has 0 aliphatic rings. The van der Waals surface area contributed by atoms with Gasteiger partial charge in [0.1, 0.15) is 0 Å². The molecule has 0 saturated carbocycles. The molecule has 64 valence electrons. The lowest BCUT2D eigenvalue weighted by Crippen LogP contribution is -2.25. The summed E-state index contributed by atoms with van der Waals surface area (Å²) in [5, 5.41) is 0. The molecule has 1 N–H and O–H groups in total. The Labute approximate surface area is 68.7 Å². The first-order valence-corrected chi connectivity index (χ1v) is 4.75. The summed E-state index contributed by atoms with van der Waals surface area (Å²) in [5.41, 5.74) is 0. The fraction of sp³-hybridized carbons (Fsp3) is 1.00. The molecule has 0 atom stereocenters. The highest BCUT2D eigenvalue weighted by Crippen LogP contribution is 1.85. The third-order valence-corrected chi connectivity index (χ3v) is 2.51. The second-order valence-corrected chi connectivity index (χ2v) is 3.74. The molecule has 0 aliphatic heterocycles. The summed E-state index contributed by atoms with van der Waals surface area (Å²) in [6.07, 6.45) is 0.676. The molecule has 10 heavy (non-hydrogen) atoms. The van der Waals surface area contributed by atoms with E-state index < -0.39 is 10.0 Å². The highest BCUT2D eigenvalue weighted by molar-refractivity contribution is 7.89. The molecule has 5 heteroatoms. The molecule has 0 fully saturated rings. The Morgan fingerprint density at radius 3 is 2.10 bits per heavy atom. The maximum absolute atomic E-state index is 10.7. The van der Waals surface area contributed by atoms with Gasteiger partial charge in [-0.15, -0.1) is 12.4 Å². The molecular weight excluding hydrogens is 174 g/mol. The van der Waals surface area contributed by atoms with E-state index in [2.05, 4.69) is 4.72 Å². The second kappa shape index (κ2) is 5.95. The summed E-state index contributed by atoms with van der Waals surface area (Å²) < 4.78 is 23.8. The Hall–Kier alpha value is 0.200. The van der Waals surface area contributed by atoms with Crippen LogP contribution in [0.4, 0.5) is 0 Å². The zero-order valence-corrected chi connectivity index (χ0v) is 7.89. The maximum Gasteiger partial charge on any atom is 0.211 e. The van der Waals surface area contributed by atoms with E-state index in [1.54, 1.807) is 6.92 Å². The van der Waals surface area contributed by atoms with E-state index in [-0.39, 0.29) is 18.2 Å². The van der Waals surface area contributed by atoms with Crippen LogP contribution in [0.25, 0.3) is 0 Å². The minimum absolute atomic E-state index is 0. The van der Waals surface area contributed by atoms with Crippen LogP contribution in [0.15, 0.2) is 0 Å². The van der Waals surface area contributed by atoms with Crippen molar-refractivity contribution in [3.63, 3.8) is 0 Å². The van der Waals surface area contributed by atoms with E-state index in [0.29, 0.717) is 13.0 Å². The molecule has 0 aromatic heterocycles. The van der Waals surface area contributed by atoms with Gasteiger partial charge in [0.15, 0.2) is 0 Å². The van der Waals surface area contributed by atoms with Crippen molar-refractivity contribution in [2.24, 2.45) is 0 Å². The van der Waals surface area contributed by atoms with Crippen LogP contribution in [0.1, 0.15) is 20.3 Å². The lowest BCUT2D eigenvalue weighted by molar-refractivity contribution is 0.582. The van der Waals surface area contributed by atoms with Crippen molar-refractivity contribution in [3.8, 4) is 0 Å². The summed E-state index contributed by atoms with van der Waals surface area (Å²) in [6, 6.07) is 0. The molecule has 0 heterocycles. The van der Waals surface area contributed by atoms with Gasteiger partial charge >= 0.3 is 0 Å². The van der Waals surface area contributed by atoms with Gasteiger partial charge in [-0.05, 0) is 6.42 Å². The summed E-state index contributed by atoms with van der Waals surface area (Å²) in [5.74, 6) is 0.237. The third-order valence-electron chi connectivity index (χ3n) is 0.837. The number of hydrogen-bond donors (Lipinski definition) is 1. The zero-order chi connectivity index (χ0) is 7.33. The van der Waals surface area contributed by atoms with Crippen molar-refractivity contribution < 1.29 is 8.42 Å². The predicted octanol–water partition coefficient (Wildman–Crippen LogP) is 0.758. The van der Waals surface area contributed by atoms with Crippen LogP contribution < -0.4 is 4.72 Å². The molecule has 0 aromatic carbocycles. The standard InChI is InChI=1S/C5H13NO2S.ClH/c1-3-5-9(7,8)6-4-2;/h6H,3-5H2,1-2H3;1H. The monoisotopic (exact) mass is 187 g/mol. The maximum atomic E-state index is 10.7. The predicted molar refractivity (Wildman–Crippen MR) is 45.0 cm³/mol. The average Bonchev–Trinajstić information content (AvgIpc) is 1.64. The minimum Gasteiger partial charge on any atom is -0.216 e. The van der Waals surface area contributed by atoms with Gasteiger partial charge in [-0.2, -0.15) is 0 Å². The van der Waals surface area contributed by atoms with Crippen LogP contribution in [0.3, 0.4) is 0 Å². The van der Waals surface area contributed by atoms with Gasteiger partial charge in [0.05, 0.1) is 5.75 Å². The van der Waals surface area contributed by atoms with Gasteiger partial charge < -0.3 is 0 Å².